The average Bonchev–Trinajstić information content (AvgIpc) is 2.66. The van der Waals surface area contributed by atoms with Gasteiger partial charge < -0.3 is 20.1 Å². The molecular weight excluding hydrogens is 351 g/mol. The highest BCUT2D eigenvalue weighted by molar-refractivity contribution is 5.94. The standard InChI is InChI=1S/C20H19FN2O4/c1-12-17(19(24)26-2)18(23-20(25)22-12)13-7-9-15(10-8-13)27-11-14-5-3-4-6-16(14)21/h3-10,18H,11H2,1-2H3,(H2,22,23,25)/t18-/m1/s1. The average molecular weight is 370 g/mol. The van der Waals surface area contributed by atoms with Crippen molar-refractivity contribution >= 4 is 12.0 Å². The van der Waals surface area contributed by atoms with Crippen molar-refractivity contribution < 1.29 is 23.5 Å². The van der Waals surface area contributed by atoms with E-state index in [-0.39, 0.29) is 12.4 Å². The molecule has 140 valence electrons. The van der Waals surface area contributed by atoms with Crippen LogP contribution in [0, 0.1) is 5.82 Å². The van der Waals surface area contributed by atoms with E-state index in [1.807, 2.05) is 0 Å². The van der Waals surface area contributed by atoms with Gasteiger partial charge in [0.25, 0.3) is 0 Å². The Morgan fingerprint density at radius 2 is 1.85 bits per heavy atom. The third kappa shape index (κ3) is 4.08. The van der Waals surface area contributed by atoms with Gasteiger partial charge in [-0.05, 0) is 30.7 Å². The van der Waals surface area contributed by atoms with Crippen LogP contribution in [0.2, 0.25) is 0 Å². The van der Waals surface area contributed by atoms with Gasteiger partial charge in [-0.3, -0.25) is 0 Å². The van der Waals surface area contributed by atoms with Crippen LogP contribution >= 0.6 is 0 Å². The number of nitrogens with one attached hydrogen (secondary N) is 2. The van der Waals surface area contributed by atoms with E-state index in [1.54, 1.807) is 49.4 Å². The van der Waals surface area contributed by atoms with Crippen LogP contribution in [0.15, 0.2) is 59.8 Å². The number of carbonyl (C=O) groups excluding carboxylic acids is 2. The minimum absolute atomic E-state index is 0.0997. The molecule has 3 rings (SSSR count). The molecule has 1 atom stereocenters. The molecule has 2 N–H and O–H groups in total. The van der Waals surface area contributed by atoms with Crippen LogP contribution in [0.5, 0.6) is 5.75 Å². The molecule has 27 heavy (non-hydrogen) atoms. The van der Waals surface area contributed by atoms with Crippen molar-refractivity contribution in [1.82, 2.24) is 10.6 Å². The molecule has 1 aliphatic heterocycles. The van der Waals surface area contributed by atoms with Crippen molar-refractivity contribution in [2.75, 3.05) is 7.11 Å². The lowest BCUT2D eigenvalue weighted by Crippen LogP contribution is -2.45. The molecule has 0 fully saturated rings. The summed E-state index contributed by atoms with van der Waals surface area (Å²) in [6.07, 6.45) is 0. The molecule has 0 spiro atoms. The molecule has 0 unspecified atom stereocenters. The third-order valence-electron chi connectivity index (χ3n) is 4.24. The number of rotatable bonds is 5. The minimum Gasteiger partial charge on any atom is -0.489 e. The fraction of sp³-hybridized carbons (Fsp3) is 0.200. The van der Waals surface area contributed by atoms with Gasteiger partial charge >= 0.3 is 12.0 Å². The highest BCUT2D eigenvalue weighted by Crippen LogP contribution is 2.28. The first kappa shape index (κ1) is 18.4. The number of carbonyl (C=O) groups is 2. The van der Waals surface area contributed by atoms with Crippen molar-refractivity contribution in [3.8, 4) is 5.75 Å². The normalized spacial score (nSPS) is 16.4. The van der Waals surface area contributed by atoms with Crippen LogP contribution in [0.4, 0.5) is 9.18 Å². The van der Waals surface area contributed by atoms with Crippen LogP contribution in [0.25, 0.3) is 0 Å². The van der Waals surface area contributed by atoms with Gasteiger partial charge in [-0.2, -0.15) is 0 Å². The van der Waals surface area contributed by atoms with Crippen LogP contribution in [0.1, 0.15) is 24.1 Å². The Kier molecular flexibility index (Phi) is 5.40. The van der Waals surface area contributed by atoms with Crippen LogP contribution in [-0.2, 0) is 16.1 Å². The zero-order chi connectivity index (χ0) is 19.4. The largest absolute Gasteiger partial charge is 0.489 e. The second-order valence-corrected chi connectivity index (χ2v) is 6.01. The van der Waals surface area contributed by atoms with Gasteiger partial charge in [-0.15, -0.1) is 0 Å². The van der Waals surface area contributed by atoms with Gasteiger partial charge in [-0.1, -0.05) is 30.3 Å². The Morgan fingerprint density at radius 1 is 1.15 bits per heavy atom. The van der Waals surface area contributed by atoms with Gasteiger partial charge in [0, 0.05) is 11.3 Å². The van der Waals surface area contributed by atoms with E-state index >= 15 is 0 Å². The predicted octanol–water partition coefficient (Wildman–Crippen LogP) is 3.21. The highest BCUT2D eigenvalue weighted by atomic mass is 19.1. The number of allylic oxidation sites excluding steroid dienone is 1. The van der Waals surface area contributed by atoms with E-state index < -0.39 is 18.0 Å². The summed E-state index contributed by atoms with van der Waals surface area (Å²) < 4.78 is 24.1. The maximum Gasteiger partial charge on any atom is 0.337 e. The molecule has 2 aromatic carbocycles. The topological polar surface area (TPSA) is 76.7 Å². The molecule has 7 heteroatoms. The zero-order valence-electron chi connectivity index (χ0n) is 14.9. The fourth-order valence-electron chi connectivity index (χ4n) is 2.86. The molecule has 0 aromatic heterocycles. The molecule has 0 aliphatic carbocycles. The van der Waals surface area contributed by atoms with Crippen LogP contribution in [0.3, 0.4) is 0 Å². The molecule has 1 aliphatic rings. The van der Waals surface area contributed by atoms with Crippen molar-refractivity contribution in [3.63, 3.8) is 0 Å². The second-order valence-electron chi connectivity index (χ2n) is 6.01. The van der Waals surface area contributed by atoms with Gasteiger partial charge in [0.15, 0.2) is 0 Å². The van der Waals surface area contributed by atoms with E-state index in [0.29, 0.717) is 28.1 Å². The van der Waals surface area contributed by atoms with Crippen molar-refractivity contribution in [2.24, 2.45) is 0 Å². The Hall–Kier alpha value is -3.35. The third-order valence-corrected chi connectivity index (χ3v) is 4.24. The maximum absolute atomic E-state index is 13.6. The van der Waals surface area contributed by atoms with Crippen molar-refractivity contribution in [2.45, 2.75) is 19.6 Å². The van der Waals surface area contributed by atoms with Crippen molar-refractivity contribution in [1.29, 1.82) is 0 Å². The number of hydrogen-bond acceptors (Lipinski definition) is 4. The molecule has 6 nitrogen and oxygen atoms in total. The Morgan fingerprint density at radius 3 is 2.52 bits per heavy atom. The Bertz CT molecular complexity index is 893. The van der Waals surface area contributed by atoms with E-state index in [9.17, 15) is 14.0 Å². The highest BCUT2D eigenvalue weighted by Gasteiger charge is 2.31. The fourth-order valence-corrected chi connectivity index (χ4v) is 2.86. The summed E-state index contributed by atoms with van der Waals surface area (Å²) in [7, 11) is 1.29. The lowest BCUT2D eigenvalue weighted by atomic mass is 9.95. The summed E-state index contributed by atoms with van der Waals surface area (Å²) in [5, 5.41) is 5.28. The quantitative estimate of drug-likeness (QED) is 0.793. The van der Waals surface area contributed by atoms with E-state index in [0.717, 1.165) is 0 Å². The molecule has 1 heterocycles. The number of benzene rings is 2. The Balaban J connectivity index is 1.77. The first-order valence-electron chi connectivity index (χ1n) is 8.32. The van der Waals surface area contributed by atoms with E-state index in [4.69, 9.17) is 9.47 Å². The van der Waals surface area contributed by atoms with Crippen molar-refractivity contribution in [3.05, 3.63) is 76.7 Å². The number of esters is 1. The van der Waals surface area contributed by atoms with Gasteiger partial charge in [0.1, 0.15) is 18.2 Å². The summed E-state index contributed by atoms with van der Waals surface area (Å²) in [6.45, 7) is 1.74. The summed E-state index contributed by atoms with van der Waals surface area (Å²) in [5.74, 6) is -0.303. The number of urea groups is 1. The number of halogens is 1. The van der Waals surface area contributed by atoms with E-state index in [2.05, 4.69) is 10.6 Å². The molecular formula is C20H19FN2O4. The first-order valence-corrected chi connectivity index (χ1v) is 8.32. The monoisotopic (exact) mass is 370 g/mol. The number of ether oxygens (including phenoxy) is 2. The molecule has 2 amide bonds. The Labute approximate surface area is 156 Å². The smallest absolute Gasteiger partial charge is 0.337 e. The summed E-state index contributed by atoms with van der Waals surface area (Å²) in [4.78, 5) is 23.9. The van der Waals surface area contributed by atoms with Crippen LogP contribution in [-0.4, -0.2) is 19.1 Å². The summed E-state index contributed by atoms with van der Waals surface area (Å²) in [5.41, 5.74) is 1.93. The molecule has 2 aromatic rings. The number of methoxy groups -OCH3 is 1. The van der Waals surface area contributed by atoms with Crippen LogP contribution < -0.4 is 15.4 Å². The molecule has 0 saturated carbocycles. The zero-order valence-corrected chi connectivity index (χ0v) is 14.9. The predicted molar refractivity (Wildman–Crippen MR) is 96.3 cm³/mol. The SMILES string of the molecule is COC(=O)C1=C(C)NC(=O)N[C@@H]1c1ccc(OCc2ccccc2F)cc1. The van der Waals surface area contributed by atoms with E-state index in [1.165, 1.54) is 13.2 Å². The van der Waals surface area contributed by atoms with Gasteiger partial charge in [0.05, 0.1) is 18.7 Å². The lowest BCUT2D eigenvalue weighted by Gasteiger charge is -2.27. The first-order chi connectivity index (χ1) is 13.0. The minimum atomic E-state index is -0.633. The maximum atomic E-state index is 13.6. The lowest BCUT2D eigenvalue weighted by molar-refractivity contribution is -0.136. The molecule has 0 radical (unpaired) electrons. The van der Waals surface area contributed by atoms with Gasteiger partial charge in [-0.25, -0.2) is 14.0 Å². The summed E-state index contributed by atoms with van der Waals surface area (Å²) in [6, 6.07) is 12.3. The number of hydrogen-bond donors (Lipinski definition) is 2. The molecule has 0 saturated heterocycles. The molecule has 0 bridgehead atoms. The second kappa shape index (κ2) is 7.90. The number of amides is 2. The van der Waals surface area contributed by atoms with Gasteiger partial charge in [0.2, 0.25) is 0 Å². The summed E-state index contributed by atoms with van der Waals surface area (Å²) >= 11 is 0.